The summed E-state index contributed by atoms with van der Waals surface area (Å²) in [6.07, 6.45) is 8.23. The molecule has 0 radical (unpaired) electrons. The number of hydrogen-bond acceptors (Lipinski definition) is 0. The average Bonchev–Trinajstić information content (AvgIpc) is 2.30. The zero-order chi connectivity index (χ0) is 10.7. The number of benzene rings is 1. The van der Waals surface area contributed by atoms with Gasteiger partial charge in [0, 0.05) is 4.47 Å². The second-order valence-electron chi connectivity index (χ2n) is 4.67. The Labute approximate surface area is 101 Å². The Bertz CT molecular complexity index is 324. The van der Waals surface area contributed by atoms with E-state index in [0.29, 0.717) is 5.41 Å². The van der Waals surface area contributed by atoms with Crippen molar-refractivity contribution in [3.63, 3.8) is 0 Å². The molecule has 1 aliphatic carbocycles. The molecule has 1 aromatic rings. The van der Waals surface area contributed by atoms with E-state index in [-0.39, 0.29) is 0 Å². The van der Waals surface area contributed by atoms with E-state index in [2.05, 4.69) is 47.1 Å². The minimum atomic E-state index is 0.457. The van der Waals surface area contributed by atoms with Crippen LogP contribution in [0.5, 0.6) is 0 Å². The summed E-state index contributed by atoms with van der Waals surface area (Å²) in [7, 11) is 0. The highest BCUT2D eigenvalue weighted by Gasteiger charge is 2.33. The molecule has 1 fully saturated rings. The smallest absolute Gasteiger partial charge is 0.0212 e. The average molecular weight is 267 g/mol. The highest BCUT2D eigenvalue weighted by atomic mass is 79.9. The second-order valence-corrected chi connectivity index (χ2v) is 5.53. The largest absolute Gasteiger partial charge is 0.0645 e. The maximum absolute atomic E-state index is 3.71. The molecule has 0 atom stereocenters. The summed E-state index contributed by atoms with van der Waals surface area (Å²) in [5.74, 6) is 0. The Morgan fingerprint density at radius 3 is 2.40 bits per heavy atom. The van der Waals surface area contributed by atoms with Gasteiger partial charge in [0.15, 0.2) is 0 Å². The third-order valence-electron chi connectivity index (χ3n) is 3.93. The normalized spacial score (nSPS) is 20.1. The fourth-order valence-corrected chi connectivity index (χ4v) is 3.64. The standard InChI is InChI=1S/C14H19Br/c1-2-14(10-6-3-7-11-14)12-8-4-5-9-13(12)15/h4-5,8-9H,2-3,6-7,10-11H2,1H3. The van der Waals surface area contributed by atoms with E-state index >= 15 is 0 Å². The molecule has 0 spiro atoms. The summed E-state index contributed by atoms with van der Waals surface area (Å²) in [6.45, 7) is 2.34. The fourth-order valence-electron chi connectivity index (χ4n) is 2.93. The molecule has 0 aromatic heterocycles. The molecular formula is C14H19Br. The van der Waals surface area contributed by atoms with Crippen molar-refractivity contribution >= 4 is 15.9 Å². The van der Waals surface area contributed by atoms with Crippen molar-refractivity contribution in [1.29, 1.82) is 0 Å². The van der Waals surface area contributed by atoms with Crippen molar-refractivity contribution in [3.8, 4) is 0 Å². The molecular weight excluding hydrogens is 248 g/mol. The summed E-state index contributed by atoms with van der Waals surface area (Å²) in [6, 6.07) is 8.77. The van der Waals surface area contributed by atoms with Crippen LogP contribution < -0.4 is 0 Å². The SMILES string of the molecule is CCC1(c2ccccc2Br)CCCCC1. The Hall–Kier alpha value is -0.300. The van der Waals surface area contributed by atoms with E-state index in [9.17, 15) is 0 Å². The van der Waals surface area contributed by atoms with Gasteiger partial charge in [0.25, 0.3) is 0 Å². The van der Waals surface area contributed by atoms with Gasteiger partial charge in [0.2, 0.25) is 0 Å². The van der Waals surface area contributed by atoms with Crippen LogP contribution in [0.25, 0.3) is 0 Å². The molecule has 0 heterocycles. The van der Waals surface area contributed by atoms with Gasteiger partial charge in [-0.3, -0.25) is 0 Å². The predicted octanol–water partition coefficient (Wildman–Crippen LogP) is 5.06. The first-order chi connectivity index (χ1) is 7.28. The van der Waals surface area contributed by atoms with Crippen LogP contribution in [0.1, 0.15) is 51.0 Å². The van der Waals surface area contributed by atoms with Gasteiger partial charge in [-0.2, -0.15) is 0 Å². The lowest BCUT2D eigenvalue weighted by atomic mass is 9.68. The molecule has 0 saturated heterocycles. The van der Waals surface area contributed by atoms with E-state index in [1.54, 1.807) is 0 Å². The lowest BCUT2D eigenvalue weighted by Crippen LogP contribution is -2.28. The van der Waals surface area contributed by atoms with Crippen molar-refractivity contribution in [2.24, 2.45) is 0 Å². The maximum Gasteiger partial charge on any atom is 0.0212 e. The molecule has 0 unspecified atom stereocenters. The van der Waals surface area contributed by atoms with E-state index < -0.39 is 0 Å². The van der Waals surface area contributed by atoms with Crippen LogP contribution in [0.2, 0.25) is 0 Å². The number of halogens is 1. The Kier molecular flexibility index (Phi) is 3.50. The molecule has 0 N–H and O–H groups in total. The summed E-state index contributed by atoms with van der Waals surface area (Å²) >= 11 is 3.71. The molecule has 15 heavy (non-hydrogen) atoms. The number of hydrogen-bond donors (Lipinski definition) is 0. The fraction of sp³-hybridized carbons (Fsp3) is 0.571. The Morgan fingerprint density at radius 1 is 1.13 bits per heavy atom. The van der Waals surface area contributed by atoms with Gasteiger partial charge in [-0.1, -0.05) is 60.3 Å². The molecule has 1 heteroatoms. The quantitative estimate of drug-likeness (QED) is 0.702. The van der Waals surface area contributed by atoms with E-state index in [4.69, 9.17) is 0 Å². The first-order valence-corrected chi connectivity index (χ1v) is 6.83. The van der Waals surface area contributed by atoms with Gasteiger partial charge in [0.05, 0.1) is 0 Å². The van der Waals surface area contributed by atoms with Crippen molar-refractivity contribution in [2.75, 3.05) is 0 Å². The van der Waals surface area contributed by atoms with Gasteiger partial charge in [-0.15, -0.1) is 0 Å². The van der Waals surface area contributed by atoms with Crippen LogP contribution in [-0.4, -0.2) is 0 Å². The zero-order valence-corrected chi connectivity index (χ0v) is 11.0. The summed E-state index contributed by atoms with van der Waals surface area (Å²) < 4.78 is 1.30. The molecule has 0 nitrogen and oxygen atoms in total. The summed E-state index contributed by atoms with van der Waals surface area (Å²) in [5, 5.41) is 0. The minimum Gasteiger partial charge on any atom is -0.0645 e. The summed E-state index contributed by atoms with van der Waals surface area (Å²) in [5.41, 5.74) is 1.99. The molecule has 1 saturated carbocycles. The lowest BCUT2D eigenvalue weighted by Gasteiger charge is -2.37. The van der Waals surface area contributed by atoms with E-state index in [1.807, 2.05) is 0 Å². The van der Waals surface area contributed by atoms with Gasteiger partial charge >= 0.3 is 0 Å². The summed E-state index contributed by atoms with van der Waals surface area (Å²) in [4.78, 5) is 0. The molecule has 0 aliphatic heterocycles. The van der Waals surface area contributed by atoms with Gasteiger partial charge < -0.3 is 0 Å². The maximum atomic E-state index is 3.71. The lowest BCUT2D eigenvalue weighted by molar-refractivity contribution is 0.282. The number of rotatable bonds is 2. The van der Waals surface area contributed by atoms with Gasteiger partial charge in [0.1, 0.15) is 0 Å². The first-order valence-electron chi connectivity index (χ1n) is 6.03. The topological polar surface area (TPSA) is 0 Å². The van der Waals surface area contributed by atoms with Crippen LogP contribution >= 0.6 is 15.9 Å². The highest BCUT2D eigenvalue weighted by molar-refractivity contribution is 9.10. The van der Waals surface area contributed by atoms with Crippen molar-refractivity contribution in [1.82, 2.24) is 0 Å². The Morgan fingerprint density at radius 2 is 1.80 bits per heavy atom. The molecule has 82 valence electrons. The predicted molar refractivity (Wildman–Crippen MR) is 69.2 cm³/mol. The van der Waals surface area contributed by atoms with Crippen LogP contribution in [0, 0.1) is 0 Å². The monoisotopic (exact) mass is 266 g/mol. The zero-order valence-electron chi connectivity index (χ0n) is 9.43. The third kappa shape index (κ3) is 2.13. The third-order valence-corrected chi connectivity index (χ3v) is 4.62. The molecule has 2 rings (SSSR count). The van der Waals surface area contributed by atoms with Crippen molar-refractivity contribution < 1.29 is 0 Å². The van der Waals surface area contributed by atoms with Crippen LogP contribution in [0.4, 0.5) is 0 Å². The van der Waals surface area contributed by atoms with Crippen molar-refractivity contribution in [3.05, 3.63) is 34.3 Å². The molecule has 1 aromatic carbocycles. The van der Waals surface area contributed by atoms with Gasteiger partial charge in [-0.05, 0) is 36.3 Å². The molecule has 0 amide bonds. The van der Waals surface area contributed by atoms with E-state index in [1.165, 1.54) is 48.6 Å². The van der Waals surface area contributed by atoms with Crippen LogP contribution in [-0.2, 0) is 5.41 Å². The highest BCUT2D eigenvalue weighted by Crippen LogP contribution is 2.44. The van der Waals surface area contributed by atoms with Crippen LogP contribution in [0.3, 0.4) is 0 Å². The molecule has 0 bridgehead atoms. The second kappa shape index (κ2) is 4.69. The van der Waals surface area contributed by atoms with Crippen LogP contribution in [0.15, 0.2) is 28.7 Å². The molecule has 1 aliphatic rings. The van der Waals surface area contributed by atoms with E-state index in [0.717, 1.165) is 0 Å². The Balaban J connectivity index is 2.36. The van der Waals surface area contributed by atoms with Gasteiger partial charge in [-0.25, -0.2) is 0 Å². The first kappa shape index (κ1) is 11.2. The minimum absolute atomic E-state index is 0.457. The van der Waals surface area contributed by atoms with Crippen molar-refractivity contribution in [2.45, 2.75) is 50.9 Å².